The van der Waals surface area contributed by atoms with E-state index in [-0.39, 0.29) is 6.04 Å². The van der Waals surface area contributed by atoms with Crippen LogP contribution in [0.1, 0.15) is 33.8 Å². The second-order valence-electron chi connectivity index (χ2n) is 5.33. The van der Waals surface area contributed by atoms with Gasteiger partial charge in [0, 0.05) is 21.3 Å². The number of hydrogen-bond donors (Lipinski definition) is 1. The molecule has 0 aliphatic carbocycles. The van der Waals surface area contributed by atoms with E-state index in [9.17, 15) is 0 Å². The van der Waals surface area contributed by atoms with Gasteiger partial charge in [-0.3, -0.25) is 4.98 Å². The molecule has 1 unspecified atom stereocenters. The summed E-state index contributed by atoms with van der Waals surface area (Å²) in [5, 5.41) is 4.79. The lowest BCUT2D eigenvalue weighted by atomic mass is 10.0. The molecule has 108 valence electrons. The van der Waals surface area contributed by atoms with Crippen molar-refractivity contribution in [2.24, 2.45) is 0 Å². The highest BCUT2D eigenvalue weighted by molar-refractivity contribution is 7.12. The number of benzene rings is 1. The third-order valence-corrected chi connectivity index (χ3v) is 5.06. The molecule has 3 heteroatoms. The predicted molar refractivity (Wildman–Crippen MR) is 91.1 cm³/mol. The smallest absolute Gasteiger partial charge is 0.0705 e. The second-order valence-corrected chi connectivity index (χ2v) is 6.62. The van der Waals surface area contributed by atoms with Crippen LogP contribution in [0, 0.1) is 13.8 Å². The highest BCUT2D eigenvalue weighted by Crippen LogP contribution is 2.31. The summed E-state index contributed by atoms with van der Waals surface area (Å²) in [6, 6.07) is 13.2. The Morgan fingerprint density at radius 3 is 2.76 bits per heavy atom. The van der Waals surface area contributed by atoms with Crippen LogP contribution in [0.2, 0.25) is 0 Å². The van der Waals surface area contributed by atoms with Crippen LogP contribution in [-0.2, 0) is 0 Å². The van der Waals surface area contributed by atoms with E-state index < -0.39 is 0 Å². The minimum Gasteiger partial charge on any atom is -0.306 e. The minimum atomic E-state index is 0.249. The van der Waals surface area contributed by atoms with Crippen molar-refractivity contribution in [3.05, 3.63) is 63.5 Å². The molecular formula is C18H20N2S. The van der Waals surface area contributed by atoms with Crippen molar-refractivity contribution in [1.29, 1.82) is 0 Å². The molecule has 0 saturated heterocycles. The van der Waals surface area contributed by atoms with Crippen molar-refractivity contribution in [1.82, 2.24) is 10.3 Å². The topological polar surface area (TPSA) is 24.9 Å². The summed E-state index contributed by atoms with van der Waals surface area (Å²) in [5.41, 5.74) is 3.71. The summed E-state index contributed by atoms with van der Waals surface area (Å²) in [5.74, 6) is 0. The third kappa shape index (κ3) is 2.85. The quantitative estimate of drug-likeness (QED) is 0.760. The van der Waals surface area contributed by atoms with E-state index in [0.717, 1.165) is 12.1 Å². The summed E-state index contributed by atoms with van der Waals surface area (Å²) in [7, 11) is 0. The number of rotatable bonds is 4. The highest BCUT2D eigenvalue weighted by Gasteiger charge is 2.16. The molecule has 2 heterocycles. The van der Waals surface area contributed by atoms with E-state index in [1.165, 1.54) is 26.3 Å². The average Bonchev–Trinajstić information content (AvgIpc) is 2.83. The maximum Gasteiger partial charge on any atom is 0.0705 e. The molecule has 0 saturated carbocycles. The van der Waals surface area contributed by atoms with Crippen LogP contribution < -0.4 is 5.32 Å². The molecule has 2 aromatic heterocycles. The van der Waals surface area contributed by atoms with Crippen LogP contribution in [0.5, 0.6) is 0 Å². The summed E-state index contributed by atoms with van der Waals surface area (Å²) in [4.78, 5) is 7.25. The van der Waals surface area contributed by atoms with Crippen molar-refractivity contribution in [3.8, 4) is 0 Å². The first-order valence-electron chi connectivity index (χ1n) is 7.34. The molecule has 2 nitrogen and oxygen atoms in total. The van der Waals surface area contributed by atoms with E-state index in [0.29, 0.717) is 0 Å². The summed E-state index contributed by atoms with van der Waals surface area (Å²) >= 11 is 1.88. The molecule has 3 rings (SSSR count). The van der Waals surface area contributed by atoms with Crippen LogP contribution in [-0.4, -0.2) is 11.5 Å². The highest BCUT2D eigenvalue weighted by atomic mass is 32.1. The Morgan fingerprint density at radius 2 is 2.05 bits per heavy atom. The lowest BCUT2D eigenvalue weighted by molar-refractivity contribution is 0.640. The van der Waals surface area contributed by atoms with E-state index in [2.05, 4.69) is 61.4 Å². The van der Waals surface area contributed by atoms with Gasteiger partial charge >= 0.3 is 0 Å². The fourth-order valence-corrected chi connectivity index (χ4v) is 3.74. The van der Waals surface area contributed by atoms with Crippen LogP contribution in [0.3, 0.4) is 0 Å². The van der Waals surface area contributed by atoms with Gasteiger partial charge in [-0.1, -0.05) is 25.1 Å². The van der Waals surface area contributed by atoms with Gasteiger partial charge in [-0.15, -0.1) is 11.3 Å². The van der Waals surface area contributed by atoms with Gasteiger partial charge in [0.15, 0.2) is 0 Å². The molecule has 0 radical (unpaired) electrons. The first-order valence-corrected chi connectivity index (χ1v) is 8.15. The van der Waals surface area contributed by atoms with E-state index >= 15 is 0 Å². The van der Waals surface area contributed by atoms with Crippen LogP contribution >= 0.6 is 11.3 Å². The molecule has 0 aliphatic heterocycles. The number of nitrogens with zero attached hydrogens (tertiary/aromatic N) is 1. The molecule has 1 aromatic carbocycles. The predicted octanol–water partition coefficient (Wildman–Crippen LogP) is 4.61. The normalized spacial score (nSPS) is 12.7. The molecule has 1 atom stereocenters. The lowest BCUT2D eigenvalue weighted by Crippen LogP contribution is -2.21. The Balaban J connectivity index is 2.06. The van der Waals surface area contributed by atoms with Gasteiger partial charge in [0.1, 0.15) is 0 Å². The molecule has 0 aliphatic rings. The van der Waals surface area contributed by atoms with Crippen molar-refractivity contribution in [2.75, 3.05) is 6.54 Å². The zero-order valence-corrected chi connectivity index (χ0v) is 13.5. The monoisotopic (exact) mass is 296 g/mol. The molecule has 1 N–H and O–H groups in total. The number of aromatic nitrogens is 1. The van der Waals surface area contributed by atoms with Crippen LogP contribution in [0.15, 0.2) is 42.6 Å². The van der Waals surface area contributed by atoms with Gasteiger partial charge in [-0.05, 0) is 49.7 Å². The van der Waals surface area contributed by atoms with Gasteiger partial charge in [0.05, 0.1) is 11.6 Å². The minimum absolute atomic E-state index is 0.249. The molecule has 0 bridgehead atoms. The van der Waals surface area contributed by atoms with Crippen molar-refractivity contribution in [2.45, 2.75) is 26.8 Å². The molecule has 0 spiro atoms. The maximum atomic E-state index is 4.48. The molecule has 0 amide bonds. The Bertz CT molecular complexity index is 741. The van der Waals surface area contributed by atoms with E-state index in [1.807, 2.05) is 23.6 Å². The average molecular weight is 296 g/mol. The summed E-state index contributed by atoms with van der Waals surface area (Å²) in [6.07, 6.45) is 1.85. The number of aryl methyl sites for hydroxylation is 2. The van der Waals surface area contributed by atoms with Crippen LogP contribution in [0.25, 0.3) is 10.9 Å². The molecule has 3 aromatic rings. The number of hydrogen-bond acceptors (Lipinski definition) is 3. The molecule has 0 fully saturated rings. The fourth-order valence-electron chi connectivity index (χ4n) is 2.59. The van der Waals surface area contributed by atoms with Gasteiger partial charge in [0.25, 0.3) is 0 Å². The Kier molecular flexibility index (Phi) is 4.04. The van der Waals surface area contributed by atoms with Crippen molar-refractivity contribution >= 4 is 22.2 Å². The maximum absolute atomic E-state index is 4.48. The number of nitrogens with one attached hydrogen (secondary N) is 1. The van der Waals surface area contributed by atoms with Crippen LogP contribution in [0.4, 0.5) is 0 Å². The Labute approximate surface area is 129 Å². The fraction of sp³-hybridized carbons (Fsp3) is 0.278. The van der Waals surface area contributed by atoms with Crippen molar-refractivity contribution < 1.29 is 0 Å². The number of pyridine rings is 1. The number of thiophene rings is 1. The number of fused-ring (bicyclic) bond motifs is 1. The summed E-state index contributed by atoms with van der Waals surface area (Å²) < 4.78 is 0. The van der Waals surface area contributed by atoms with Gasteiger partial charge < -0.3 is 5.32 Å². The molecule has 21 heavy (non-hydrogen) atoms. The Morgan fingerprint density at radius 1 is 1.19 bits per heavy atom. The third-order valence-electron chi connectivity index (χ3n) is 3.84. The van der Waals surface area contributed by atoms with Gasteiger partial charge in [0.2, 0.25) is 0 Å². The van der Waals surface area contributed by atoms with Gasteiger partial charge in [-0.2, -0.15) is 0 Å². The zero-order chi connectivity index (χ0) is 14.8. The van der Waals surface area contributed by atoms with Gasteiger partial charge in [-0.25, -0.2) is 0 Å². The first-order chi connectivity index (χ1) is 10.2. The summed E-state index contributed by atoms with van der Waals surface area (Å²) in [6.45, 7) is 7.47. The standard InChI is InChI=1S/C18H20N2S/c1-4-19-18(17-10-12(2)13(3)21-17)15-8-7-14-6-5-9-20-16(14)11-15/h5-11,18-19H,4H2,1-3H3. The second kappa shape index (κ2) is 5.96. The van der Waals surface area contributed by atoms with E-state index in [1.54, 1.807) is 0 Å². The molecular weight excluding hydrogens is 276 g/mol. The zero-order valence-electron chi connectivity index (χ0n) is 12.7. The first kappa shape index (κ1) is 14.2. The Hall–Kier alpha value is -1.71. The SMILES string of the molecule is CCNC(c1ccc2cccnc2c1)c1cc(C)c(C)s1. The largest absolute Gasteiger partial charge is 0.306 e. The van der Waals surface area contributed by atoms with Crippen molar-refractivity contribution in [3.63, 3.8) is 0 Å². The van der Waals surface area contributed by atoms with E-state index in [4.69, 9.17) is 0 Å². The lowest BCUT2D eigenvalue weighted by Gasteiger charge is -2.17.